The zero-order valence-electron chi connectivity index (χ0n) is 14.2. The van der Waals surface area contributed by atoms with Gasteiger partial charge in [-0.2, -0.15) is 0 Å². The second kappa shape index (κ2) is 6.22. The summed E-state index contributed by atoms with van der Waals surface area (Å²) in [5.74, 6) is 0.805. The molecule has 0 saturated heterocycles. The molecule has 0 bridgehead atoms. The van der Waals surface area contributed by atoms with Crippen molar-refractivity contribution >= 4 is 11.6 Å². The number of aromatic amines is 1. The summed E-state index contributed by atoms with van der Waals surface area (Å²) < 4.78 is 0. The number of nitrogens with zero attached hydrogens (tertiary/aromatic N) is 2. The van der Waals surface area contributed by atoms with Crippen LogP contribution in [0.3, 0.4) is 0 Å². The predicted molar refractivity (Wildman–Crippen MR) is 94.5 cm³/mol. The SMILES string of the molecule is CC(C)(C)c1nc2c(c(=O)[nH]1)CCN(Cc1cccc(O)c1Cl)C2. The summed E-state index contributed by atoms with van der Waals surface area (Å²) in [6.07, 6.45) is 0.665. The third-order valence-corrected chi connectivity index (χ3v) is 4.75. The van der Waals surface area contributed by atoms with Crippen LogP contribution in [0, 0.1) is 0 Å². The number of fused-ring (bicyclic) bond motifs is 1. The number of hydrogen-bond donors (Lipinski definition) is 2. The van der Waals surface area contributed by atoms with Crippen molar-refractivity contribution in [2.45, 2.75) is 45.7 Å². The lowest BCUT2D eigenvalue weighted by Gasteiger charge is -2.29. The van der Waals surface area contributed by atoms with Gasteiger partial charge in [-0.05, 0) is 18.1 Å². The van der Waals surface area contributed by atoms with Gasteiger partial charge in [0.2, 0.25) is 0 Å². The largest absolute Gasteiger partial charge is 0.506 e. The molecule has 1 aromatic heterocycles. The summed E-state index contributed by atoms with van der Waals surface area (Å²) in [4.78, 5) is 22.1. The Morgan fingerprint density at radius 2 is 2.12 bits per heavy atom. The molecule has 2 N–H and O–H groups in total. The lowest BCUT2D eigenvalue weighted by Crippen LogP contribution is -2.36. The molecule has 2 aromatic rings. The average molecular weight is 348 g/mol. The highest BCUT2D eigenvalue weighted by Gasteiger charge is 2.25. The Morgan fingerprint density at radius 3 is 2.83 bits per heavy atom. The lowest BCUT2D eigenvalue weighted by atomic mass is 9.95. The molecular weight excluding hydrogens is 326 g/mol. The number of hydrogen-bond acceptors (Lipinski definition) is 4. The summed E-state index contributed by atoms with van der Waals surface area (Å²) in [5, 5.41) is 10.1. The van der Waals surface area contributed by atoms with Gasteiger partial charge >= 0.3 is 0 Å². The summed E-state index contributed by atoms with van der Waals surface area (Å²) in [6, 6.07) is 5.27. The van der Waals surface area contributed by atoms with E-state index in [2.05, 4.69) is 9.88 Å². The van der Waals surface area contributed by atoms with Gasteiger partial charge in [-0.15, -0.1) is 0 Å². The van der Waals surface area contributed by atoms with Crippen LogP contribution in [0.25, 0.3) is 0 Å². The number of benzene rings is 1. The van der Waals surface area contributed by atoms with Gasteiger partial charge in [0, 0.05) is 30.6 Å². The fraction of sp³-hybridized carbons (Fsp3) is 0.444. The Kier molecular flexibility index (Phi) is 4.40. The molecule has 0 fully saturated rings. The predicted octanol–water partition coefficient (Wildman–Crippen LogP) is 2.98. The van der Waals surface area contributed by atoms with E-state index in [1.165, 1.54) is 0 Å². The van der Waals surface area contributed by atoms with Crippen molar-refractivity contribution in [1.82, 2.24) is 14.9 Å². The van der Waals surface area contributed by atoms with E-state index in [4.69, 9.17) is 16.6 Å². The Labute approximate surface area is 146 Å². The number of rotatable bonds is 2. The fourth-order valence-electron chi connectivity index (χ4n) is 2.91. The van der Waals surface area contributed by atoms with Crippen molar-refractivity contribution in [3.8, 4) is 5.75 Å². The first-order chi connectivity index (χ1) is 11.3. The summed E-state index contributed by atoms with van der Waals surface area (Å²) in [7, 11) is 0. The molecule has 0 atom stereocenters. The third-order valence-electron chi connectivity index (χ3n) is 4.32. The van der Waals surface area contributed by atoms with Crippen molar-refractivity contribution < 1.29 is 5.11 Å². The second-order valence-corrected chi connectivity index (χ2v) is 7.68. The highest BCUT2D eigenvalue weighted by atomic mass is 35.5. The number of halogens is 1. The van der Waals surface area contributed by atoms with Crippen molar-refractivity contribution in [3.05, 3.63) is 56.2 Å². The number of aromatic nitrogens is 2. The Hall–Kier alpha value is -1.85. The van der Waals surface area contributed by atoms with Gasteiger partial charge in [0.25, 0.3) is 5.56 Å². The molecule has 0 unspecified atom stereocenters. The van der Waals surface area contributed by atoms with Gasteiger partial charge in [-0.3, -0.25) is 9.69 Å². The van der Waals surface area contributed by atoms with Crippen LogP contribution in [0.5, 0.6) is 5.75 Å². The molecule has 0 aliphatic carbocycles. The van der Waals surface area contributed by atoms with Gasteiger partial charge in [-0.1, -0.05) is 44.5 Å². The van der Waals surface area contributed by atoms with Gasteiger partial charge in [0.05, 0.1) is 10.7 Å². The Balaban J connectivity index is 1.87. The first-order valence-electron chi connectivity index (χ1n) is 8.07. The zero-order valence-corrected chi connectivity index (χ0v) is 14.9. The van der Waals surface area contributed by atoms with E-state index in [1.807, 2.05) is 26.8 Å². The van der Waals surface area contributed by atoms with E-state index in [1.54, 1.807) is 12.1 Å². The molecule has 128 valence electrons. The molecule has 24 heavy (non-hydrogen) atoms. The highest BCUT2D eigenvalue weighted by molar-refractivity contribution is 6.32. The molecule has 2 heterocycles. The molecule has 1 aromatic carbocycles. The topological polar surface area (TPSA) is 69.2 Å². The van der Waals surface area contributed by atoms with E-state index in [0.717, 1.165) is 23.4 Å². The number of phenols is 1. The van der Waals surface area contributed by atoms with Crippen molar-refractivity contribution in [3.63, 3.8) is 0 Å². The van der Waals surface area contributed by atoms with Crippen LogP contribution in [0.4, 0.5) is 0 Å². The maximum atomic E-state index is 12.3. The first kappa shape index (κ1) is 17.0. The van der Waals surface area contributed by atoms with Crippen LogP contribution >= 0.6 is 11.6 Å². The Morgan fingerprint density at radius 1 is 1.38 bits per heavy atom. The van der Waals surface area contributed by atoms with Crippen LogP contribution in [0.1, 0.15) is 43.4 Å². The molecule has 1 aliphatic heterocycles. The standard InChI is InChI=1S/C18H22ClN3O2/c1-18(2,3)17-20-13-10-22(8-7-12(13)16(24)21-17)9-11-5-4-6-14(23)15(11)19/h4-6,23H,7-10H2,1-3H3,(H,20,21,24). The minimum absolute atomic E-state index is 0.0278. The third kappa shape index (κ3) is 3.32. The molecule has 6 heteroatoms. The molecule has 1 aliphatic rings. The second-order valence-electron chi connectivity index (χ2n) is 7.30. The van der Waals surface area contributed by atoms with E-state index in [9.17, 15) is 9.90 Å². The molecule has 3 rings (SSSR count). The molecule has 0 saturated carbocycles. The van der Waals surface area contributed by atoms with Gasteiger partial charge in [-0.25, -0.2) is 4.98 Å². The van der Waals surface area contributed by atoms with E-state index in [0.29, 0.717) is 30.4 Å². The smallest absolute Gasteiger partial charge is 0.254 e. The van der Waals surface area contributed by atoms with Gasteiger partial charge in [0.15, 0.2) is 0 Å². The van der Waals surface area contributed by atoms with Crippen LogP contribution in [0.15, 0.2) is 23.0 Å². The molecule has 0 spiro atoms. The van der Waals surface area contributed by atoms with Crippen LogP contribution < -0.4 is 5.56 Å². The molecule has 5 nitrogen and oxygen atoms in total. The fourth-order valence-corrected chi connectivity index (χ4v) is 3.10. The number of phenolic OH excluding ortho intramolecular Hbond substituents is 1. The lowest BCUT2D eigenvalue weighted by molar-refractivity contribution is 0.239. The van der Waals surface area contributed by atoms with Gasteiger partial charge < -0.3 is 10.1 Å². The molecule has 0 radical (unpaired) electrons. The maximum absolute atomic E-state index is 12.3. The highest BCUT2D eigenvalue weighted by Crippen LogP contribution is 2.29. The number of nitrogens with one attached hydrogen (secondary N) is 1. The van der Waals surface area contributed by atoms with Crippen molar-refractivity contribution in [2.24, 2.45) is 0 Å². The zero-order chi connectivity index (χ0) is 17.5. The molecular formula is C18H22ClN3O2. The normalized spacial score (nSPS) is 15.3. The van der Waals surface area contributed by atoms with E-state index >= 15 is 0 Å². The van der Waals surface area contributed by atoms with Crippen LogP contribution in [-0.4, -0.2) is 26.5 Å². The van der Waals surface area contributed by atoms with Crippen molar-refractivity contribution in [2.75, 3.05) is 6.54 Å². The maximum Gasteiger partial charge on any atom is 0.254 e. The average Bonchev–Trinajstić information content (AvgIpc) is 2.50. The summed E-state index contributed by atoms with van der Waals surface area (Å²) in [5.41, 5.74) is 2.26. The van der Waals surface area contributed by atoms with E-state index < -0.39 is 0 Å². The first-order valence-corrected chi connectivity index (χ1v) is 8.45. The van der Waals surface area contributed by atoms with Crippen molar-refractivity contribution in [1.29, 1.82) is 0 Å². The molecule has 0 amide bonds. The van der Waals surface area contributed by atoms with E-state index in [-0.39, 0.29) is 16.7 Å². The monoisotopic (exact) mass is 347 g/mol. The van der Waals surface area contributed by atoms with Crippen LogP contribution in [-0.2, 0) is 24.9 Å². The minimum Gasteiger partial charge on any atom is -0.506 e. The van der Waals surface area contributed by atoms with Gasteiger partial charge in [0.1, 0.15) is 11.6 Å². The number of aromatic hydroxyl groups is 1. The summed E-state index contributed by atoms with van der Waals surface area (Å²) in [6.45, 7) is 8.08. The minimum atomic E-state index is -0.203. The van der Waals surface area contributed by atoms with Crippen LogP contribution in [0.2, 0.25) is 5.02 Å². The quantitative estimate of drug-likeness (QED) is 0.876. The Bertz CT molecular complexity index is 824. The number of H-pyrrole nitrogens is 1. The summed E-state index contributed by atoms with van der Waals surface area (Å²) >= 11 is 6.18.